The van der Waals surface area contributed by atoms with Crippen molar-refractivity contribution in [2.45, 2.75) is 50.3 Å². The van der Waals surface area contributed by atoms with E-state index in [-0.39, 0.29) is 5.38 Å². The van der Waals surface area contributed by atoms with E-state index in [0.717, 1.165) is 8.81 Å². The summed E-state index contributed by atoms with van der Waals surface area (Å²) in [5.74, 6) is 0.624. The molecule has 0 bridgehead atoms. The third kappa shape index (κ3) is 3.86. The molecule has 1 fully saturated rings. The van der Waals surface area contributed by atoms with Crippen molar-refractivity contribution in [3.63, 3.8) is 0 Å². The molecule has 0 aliphatic heterocycles. The number of halogens is 3. The fourth-order valence-corrected chi connectivity index (χ4v) is 4.78. The van der Waals surface area contributed by atoms with Gasteiger partial charge in [-0.2, -0.15) is 0 Å². The Bertz CT molecular complexity index is 337. The maximum Gasteiger partial charge on any atom is 0.0887 e. The van der Waals surface area contributed by atoms with Gasteiger partial charge in [-0.25, -0.2) is 0 Å². The van der Waals surface area contributed by atoms with Crippen LogP contribution in [0.25, 0.3) is 0 Å². The predicted octanol–water partition coefficient (Wildman–Crippen LogP) is 6.80. The zero-order chi connectivity index (χ0) is 12.3. The van der Waals surface area contributed by atoms with Gasteiger partial charge in [0, 0.05) is 4.88 Å². The Labute approximate surface area is 126 Å². The van der Waals surface area contributed by atoms with Gasteiger partial charge in [0.05, 0.1) is 14.2 Å². The number of hydrogen-bond acceptors (Lipinski definition) is 1. The summed E-state index contributed by atoms with van der Waals surface area (Å²) in [5, 5.41) is 0.934. The molecule has 96 valence electrons. The highest BCUT2D eigenvalue weighted by molar-refractivity contribution is 9.11. The Morgan fingerprint density at radius 3 is 2.29 bits per heavy atom. The van der Waals surface area contributed by atoms with Gasteiger partial charge in [-0.1, -0.05) is 43.7 Å². The second-order valence-corrected chi connectivity index (χ2v) is 8.06. The molecule has 1 aromatic heterocycles. The van der Waals surface area contributed by atoms with Crippen molar-refractivity contribution < 1.29 is 0 Å². The molecular weight excluding hydrogens is 339 g/mol. The highest BCUT2D eigenvalue weighted by Gasteiger charge is 2.23. The first-order valence-electron chi connectivity index (χ1n) is 6.27. The van der Waals surface area contributed by atoms with E-state index < -0.39 is 0 Å². The van der Waals surface area contributed by atoms with E-state index in [4.69, 9.17) is 23.2 Å². The average molecular weight is 356 g/mol. The Balaban J connectivity index is 2.04. The van der Waals surface area contributed by atoms with Crippen molar-refractivity contribution in [3.8, 4) is 0 Å². The molecule has 0 amide bonds. The number of thiophene rings is 1. The van der Waals surface area contributed by atoms with Crippen LogP contribution in [0.4, 0.5) is 0 Å². The van der Waals surface area contributed by atoms with Crippen molar-refractivity contribution in [3.05, 3.63) is 19.8 Å². The minimum Gasteiger partial charge on any atom is -0.130 e. The van der Waals surface area contributed by atoms with Gasteiger partial charge < -0.3 is 0 Å². The molecule has 4 heteroatoms. The monoisotopic (exact) mass is 354 g/mol. The molecule has 0 spiro atoms. The summed E-state index contributed by atoms with van der Waals surface area (Å²) in [6.07, 6.45) is 9.32. The molecule has 1 saturated carbocycles. The zero-order valence-corrected chi connectivity index (χ0v) is 13.6. The first-order chi connectivity index (χ1) is 8.18. The van der Waals surface area contributed by atoms with Crippen molar-refractivity contribution in [1.29, 1.82) is 0 Å². The molecule has 1 aliphatic rings. The standard InChI is InChI=1S/C13H17BrCl2S/c14-13-10(15)8-11(17-13)12(16)9-6-4-2-1-3-5-7-9/h8-9,12H,1-7H2. The lowest BCUT2D eigenvalue weighted by molar-refractivity contribution is 0.370. The van der Waals surface area contributed by atoms with Crippen LogP contribution in [0.2, 0.25) is 5.02 Å². The SMILES string of the molecule is Clc1cc(C(Cl)C2CCCCCCC2)sc1Br. The molecular formula is C13H17BrCl2S. The van der Waals surface area contributed by atoms with Crippen molar-refractivity contribution in [2.75, 3.05) is 0 Å². The molecule has 1 aromatic rings. The van der Waals surface area contributed by atoms with E-state index in [2.05, 4.69) is 15.9 Å². The van der Waals surface area contributed by atoms with Gasteiger partial charge in [0.25, 0.3) is 0 Å². The molecule has 1 atom stereocenters. The first-order valence-corrected chi connectivity index (χ1v) is 8.69. The van der Waals surface area contributed by atoms with Gasteiger partial charge in [-0.05, 0) is 40.8 Å². The Morgan fingerprint density at radius 2 is 1.76 bits per heavy atom. The average Bonchev–Trinajstić information content (AvgIpc) is 2.58. The summed E-state index contributed by atoms with van der Waals surface area (Å²) in [6.45, 7) is 0. The molecule has 0 N–H and O–H groups in total. The van der Waals surface area contributed by atoms with Gasteiger partial charge in [0.2, 0.25) is 0 Å². The van der Waals surface area contributed by atoms with E-state index in [1.54, 1.807) is 11.3 Å². The third-order valence-corrected chi connectivity index (χ3v) is 6.78. The zero-order valence-electron chi connectivity index (χ0n) is 9.72. The van der Waals surface area contributed by atoms with Crippen LogP contribution in [0.3, 0.4) is 0 Å². The molecule has 0 radical (unpaired) electrons. The first kappa shape index (κ1) is 14.2. The van der Waals surface area contributed by atoms with Crippen LogP contribution in [-0.2, 0) is 0 Å². The van der Waals surface area contributed by atoms with Crippen LogP contribution in [-0.4, -0.2) is 0 Å². The maximum atomic E-state index is 6.63. The van der Waals surface area contributed by atoms with Crippen LogP contribution in [0.1, 0.15) is 55.2 Å². The van der Waals surface area contributed by atoms with Gasteiger partial charge in [-0.3, -0.25) is 0 Å². The van der Waals surface area contributed by atoms with Crippen LogP contribution in [0.15, 0.2) is 9.85 Å². The number of rotatable bonds is 2. The fourth-order valence-electron chi connectivity index (χ4n) is 2.51. The van der Waals surface area contributed by atoms with E-state index in [1.807, 2.05) is 6.07 Å². The molecule has 2 rings (SSSR count). The summed E-state index contributed by atoms with van der Waals surface area (Å²) < 4.78 is 1.01. The van der Waals surface area contributed by atoms with Gasteiger partial charge in [-0.15, -0.1) is 22.9 Å². The lowest BCUT2D eigenvalue weighted by Gasteiger charge is -2.23. The van der Waals surface area contributed by atoms with Crippen molar-refractivity contribution in [2.24, 2.45) is 5.92 Å². The minimum absolute atomic E-state index is 0.141. The summed E-state index contributed by atoms with van der Waals surface area (Å²) in [4.78, 5) is 1.22. The van der Waals surface area contributed by atoms with Gasteiger partial charge in [0.1, 0.15) is 0 Å². The lowest BCUT2D eigenvalue weighted by atomic mass is 9.88. The summed E-state index contributed by atoms with van der Waals surface area (Å²) in [6, 6.07) is 2.02. The fraction of sp³-hybridized carbons (Fsp3) is 0.692. The smallest absolute Gasteiger partial charge is 0.0887 e. The normalized spacial score (nSPS) is 20.9. The van der Waals surface area contributed by atoms with E-state index in [9.17, 15) is 0 Å². The Hall–Kier alpha value is 0.760. The van der Waals surface area contributed by atoms with E-state index in [0.29, 0.717) is 5.92 Å². The van der Waals surface area contributed by atoms with E-state index in [1.165, 1.54) is 49.8 Å². The maximum absolute atomic E-state index is 6.63. The lowest BCUT2D eigenvalue weighted by Crippen LogP contribution is -2.09. The predicted molar refractivity (Wildman–Crippen MR) is 81.4 cm³/mol. The minimum atomic E-state index is 0.141. The third-order valence-electron chi connectivity index (χ3n) is 3.50. The largest absolute Gasteiger partial charge is 0.130 e. The van der Waals surface area contributed by atoms with Crippen LogP contribution >= 0.6 is 50.5 Å². The molecule has 1 unspecified atom stereocenters. The van der Waals surface area contributed by atoms with Crippen molar-refractivity contribution >= 4 is 50.5 Å². The Morgan fingerprint density at radius 1 is 1.18 bits per heavy atom. The second-order valence-electron chi connectivity index (χ2n) is 4.78. The summed E-state index contributed by atoms with van der Waals surface area (Å²) in [5.41, 5.74) is 0. The van der Waals surface area contributed by atoms with Crippen LogP contribution < -0.4 is 0 Å². The highest BCUT2D eigenvalue weighted by atomic mass is 79.9. The highest BCUT2D eigenvalue weighted by Crippen LogP contribution is 2.43. The van der Waals surface area contributed by atoms with E-state index >= 15 is 0 Å². The quantitative estimate of drug-likeness (QED) is 0.511. The van der Waals surface area contributed by atoms with Crippen LogP contribution in [0.5, 0.6) is 0 Å². The number of alkyl halides is 1. The number of hydrogen-bond donors (Lipinski definition) is 0. The molecule has 0 saturated heterocycles. The van der Waals surface area contributed by atoms with Crippen LogP contribution in [0, 0.1) is 5.92 Å². The summed E-state index contributed by atoms with van der Waals surface area (Å²) >= 11 is 17.8. The van der Waals surface area contributed by atoms with Gasteiger partial charge in [0.15, 0.2) is 0 Å². The second kappa shape index (κ2) is 6.79. The summed E-state index contributed by atoms with van der Waals surface area (Å²) in [7, 11) is 0. The molecule has 17 heavy (non-hydrogen) atoms. The molecule has 0 aromatic carbocycles. The van der Waals surface area contributed by atoms with Gasteiger partial charge >= 0.3 is 0 Å². The molecule has 1 aliphatic carbocycles. The van der Waals surface area contributed by atoms with Crippen molar-refractivity contribution in [1.82, 2.24) is 0 Å². The molecule has 0 nitrogen and oxygen atoms in total. The molecule has 1 heterocycles. The Kier molecular flexibility index (Phi) is 5.66. The topological polar surface area (TPSA) is 0 Å².